The van der Waals surface area contributed by atoms with Crippen molar-refractivity contribution in [2.75, 3.05) is 0 Å². The maximum absolute atomic E-state index is 3.96. The highest BCUT2D eigenvalue weighted by atomic mass is 79.9. The number of aryl methyl sites for hydroxylation is 1. The van der Waals surface area contributed by atoms with Crippen LogP contribution >= 0.6 is 15.9 Å². The Kier molecular flexibility index (Phi) is 10.1. The first-order valence-electron chi connectivity index (χ1n) is 9.33. The van der Waals surface area contributed by atoms with E-state index in [2.05, 4.69) is 61.0 Å². The molecule has 0 spiro atoms. The summed E-state index contributed by atoms with van der Waals surface area (Å²) < 4.78 is 0.137. The van der Waals surface area contributed by atoms with Gasteiger partial charge in [0.15, 0.2) is 0 Å². The Morgan fingerprint density at radius 1 is 0.818 bits per heavy atom. The first kappa shape index (κ1) is 19.7. The average Bonchev–Trinajstić information content (AvgIpc) is 2.49. The maximum atomic E-state index is 3.96. The fourth-order valence-corrected chi connectivity index (χ4v) is 3.96. The van der Waals surface area contributed by atoms with Crippen molar-refractivity contribution in [2.24, 2.45) is 0 Å². The summed E-state index contributed by atoms with van der Waals surface area (Å²) in [7, 11) is 0. The lowest BCUT2D eigenvalue weighted by molar-refractivity contribution is 0.523. The number of halogens is 1. The number of rotatable bonds is 12. The lowest BCUT2D eigenvalue weighted by Gasteiger charge is -2.25. The summed E-state index contributed by atoms with van der Waals surface area (Å²) in [5.41, 5.74) is 2.85. The molecular formula is C21H35Br. The van der Waals surface area contributed by atoms with Crippen molar-refractivity contribution in [2.45, 2.75) is 95.7 Å². The van der Waals surface area contributed by atoms with Gasteiger partial charge in [-0.2, -0.15) is 0 Å². The van der Waals surface area contributed by atoms with E-state index in [1.807, 2.05) is 0 Å². The number of benzene rings is 1. The summed E-state index contributed by atoms with van der Waals surface area (Å²) in [5, 5.41) is 0. The van der Waals surface area contributed by atoms with Crippen LogP contribution in [0.1, 0.15) is 95.6 Å². The van der Waals surface area contributed by atoms with Crippen molar-refractivity contribution in [1.82, 2.24) is 0 Å². The zero-order valence-corrected chi connectivity index (χ0v) is 16.6. The summed E-state index contributed by atoms with van der Waals surface area (Å²) in [6, 6.07) is 8.76. The molecule has 0 N–H and O–H groups in total. The quantitative estimate of drug-likeness (QED) is 0.260. The molecule has 1 unspecified atom stereocenters. The van der Waals surface area contributed by atoms with Gasteiger partial charge in [0.2, 0.25) is 0 Å². The molecule has 0 radical (unpaired) electrons. The number of unbranched alkanes of at least 4 members (excludes halogenated alkanes) is 9. The Hall–Kier alpha value is -0.300. The highest BCUT2D eigenvalue weighted by Crippen LogP contribution is 2.37. The van der Waals surface area contributed by atoms with Crippen molar-refractivity contribution in [3.8, 4) is 0 Å². The van der Waals surface area contributed by atoms with Gasteiger partial charge < -0.3 is 0 Å². The van der Waals surface area contributed by atoms with Crippen LogP contribution in [0, 0.1) is 6.92 Å². The van der Waals surface area contributed by atoms with Crippen LogP contribution < -0.4 is 0 Å². The highest BCUT2D eigenvalue weighted by molar-refractivity contribution is 9.09. The van der Waals surface area contributed by atoms with Crippen molar-refractivity contribution >= 4 is 15.9 Å². The standard InChI is InChI=1S/C21H35Br/c1-4-5-6-7-8-9-10-11-12-15-18-21(3,22)20-17-14-13-16-19(20)2/h13-14,16-17H,4-12,15,18H2,1-3H3. The molecule has 0 aromatic heterocycles. The summed E-state index contributed by atoms with van der Waals surface area (Å²) in [6.45, 7) is 6.82. The molecule has 126 valence electrons. The monoisotopic (exact) mass is 366 g/mol. The van der Waals surface area contributed by atoms with Gasteiger partial charge in [-0.3, -0.25) is 0 Å². The molecule has 22 heavy (non-hydrogen) atoms. The second kappa shape index (κ2) is 11.3. The van der Waals surface area contributed by atoms with Crippen LogP contribution in [0.4, 0.5) is 0 Å². The van der Waals surface area contributed by atoms with E-state index in [4.69, 9.17) is 0 Å². The molecule has 0 nitrogen and oxygen atoms in total. The third kappa shape index (κ3) is 7.81. The number of hydrogen-bond acceptors (Lipinski definition) is 0. The van der Waals surface area contributed by atoms with Gasteiger partial charge in [-0.05, 0) is 31.4 Å². The molecule has 0 heterocycles. The van der Waals surface area contributed by atoms with Gasteiger partial charge in [0.1, 0.15) is 0 Å². The Labute approximate surface area is 147 Å². The molecule has 1 rings (SSSR count). The topological polar surface area (TPSA) is 0 Å². The molecule has 0 saturated carbocycles. The van der Waals surface area contributed by atoms with Crippen LogP contribution in [0.5, 0.6) is 0 Å². The van der Waals surface area contributed by atoms with Crippen LogP contribution in [-0.4, -0.2) is 0 Å². The normalized spacial score (nSPS) is 14.0. The molecule has 1 aromatic rings. The molecule has 1 heteroatoms. The van der Waals surface area contributed by atoms with Gasteiger partial charge in [0.25, 0.3) is 0 Å². The van der Waals surface area contributed by atoms with Crippen LogP contribution in [-0.2, 0) is 4.32 Å². The van der Waals surface area contributed by atoms with E-state index in [1.165, 1.54) is 81.8 Å². The zero-order chi connectivity index (χ0) is 16.3. The summed E-state index contributed by atoms with van der Waals surface area (Å²) >= 11 is 3.96. The Morgan fingerprint density at radius 3 is 1.86 bits per heavy atom. The first-order chi connectivity index (χ1) is 10.6. The highest BCUT2D eigenvalue weighted by Gasteiger charge is 2.23. The van der Waals surface area contributed by atoms with E-state index in [0.717, 1.165) is 0 Å². The van der Waals surface area contributed by atoms with Crippen molar-refractivity contribution in [1.29, 1.82) is 0 Å². The Morgan fingerprint density at radius 2 is 1.32 bits per heavy atom. The van der Waals surface area contributed by atoms with Crippen molar-refractivity contribution in [3.63, 3.8) is 0 Å². The number of alkyl halides is 1. The van der Waals surface area contributed by atoms with Crippen molar-refractivity contribution < 1.29 is 0 Å². The molecule has 1 atom stereocenters. The van der Waals surface area contributed by atoms with Crippen LogP contribution in [0.25, 0.3) is 0 Å². The van der Waals surface area contributed by atoms with Crippen LogP contribution in [0.2, 0.25) is 0 Å². The van der Waals surface area contributed by atoms with Gasteiger partial charge in [-0.25, -0.2) is 0 Å². The molecule has 0 aliphatic heterocycles. The average molecular weight is 367 g/mol. The molecule has 0 amide bonds. The summed E-state index contributed by atoms with van der Waals surface area (Å²) in [6.07, 6.45) is 15.3. The van der Waals surface area contributed by atoms with Gasteiger partial charge in [-0.15, -0.1) is 0 Å². The molecular weight excluding hydrogens is 332 g/mol. The van der Waals surface area contributed by atoms with Gasteiger partial charge in [0, 0.05) is 4.32 Å². The van der Waals surface area contributed by atoms with E-state index < -0.39 is 0 Å². The number of hydrogen-bond donors (Lipinski definition) is 0. The Bertz CT molecular complexity index is 395. The smallest absolute Gasteiger partial charge is 0.0480 e. The molecule has 0 aliphatic rings. The second-order valence-corrected chi connectivity index (χ2v) is 8.69. The van der Waals surface area contributed by atoms with Gasteiger partial charge in [0.05, 0.1) is 0 Å². The molecule has 0 bridgehead atoms. The minimum Gasteiger partial charge on any atom is -0.0804 e. The van der Waals surface area contributed by atoms with Crippen LogP contribution in [0.15, 0.2) is 24.3 Å². The molecule has 0 aliphatic carbocycles. The van der Waals surface area contributed by atoms with E-state index in [-0.39, 0.29) is 4.32 Å². The SMILES string of the molecule is CCCCCCCCCCCCC(C)(Br)c1ccccc1C. The van der Waals surface area contributed by atoms with E-state index >= 15 is 0 Å². The fraction of sp³-hybridized carbons (Fsp3) is 0.714. The molecule has 1 aromatic carbocycles. The van der Waals surface area contributed by atoms with E-state index in [1.54, 1.807) is 0 Å². The first-order valence-corrected chi connectivity index (χ1v) is 10.1. The van der Waals surface area contributed by atoms with Crippen LogP contribution in [0.3, 0.4) is 0 Å². The lowest BCUT2D eigenvalue weighted by atomic mass is 9.91. The zero-order valence-electron chi connectivity index (χ0n) is 15.0. The molecule has 0 fully saturated rings. The molecule has 0 saturated heterocycles. The second-order valence-electron chi connectivity index (χ2n) is 6.94. The third-order valence-corrected chi connectivity index (χ3v) is 5.53. The fourth-order valence-electron chi connectivity index (χ4n) is 3.24. The predicted octanol–water partition coefficient (Wildman–Crippen LogP) is 7.92. The third-order valence-electron chi connectivity index (χ3n) is 4.71. The minimum atomic E-state index is 0.137. The van der Waals surface area contributed by atoms with Crippen molar-refractivity contribution in [3.05, 3.63) is 35.4 Å². The maximum Gasteiger partial charge on any atom is 0.0480 e. The Balaban J connectivity index is 2.10. The van der Waals surface area contributed by atoms with E-state index in [0.29, 0.717) is 0 Å². The predicted molar refractivity (Wildman–Crippen MR) is 104 cm³/mol. The van der Waals surface area contributed by atoms with Gasteiger partial charge in [-0.1, -0.05) is 111 Å². The lowest BCUT2D eigenvalue weighted by Crippen LogP contribution is -2.14. The van der Waals surface area contributed by atoms with E-state index in [9.17, 15) is 0 Å². The van der Waals surface area contributed by atoms with Gasteiger partial charge >= 0.3 is 0 Å². The summed E-state index contributed by atoms with van der Waals surface area (Å²) in [5.74, 6) is 0. The minimum absolute atomic E-state index is 0.137. The largest absolute Gasteiger partial charge is 0.0804 e. The summed E-state index contributed by atoms with van der Waals surface area (Å²) in [4.78, 5) is 0.